The Bertz CT molecular complexity index is 605. The average Bonchev–Trinajstić information content (AvgIpc) is 2.43. The van der Waals surface area contributed by atoms with Crippen LogP contribution in [0.25, 0.3) is 0 Å². The molecule has 112 valence electrons. The highest BCUT2D eigenvalue weighted by Gasteiger charge is 2.11. The van der Waals surface area contributed by atoms with Gasteiger partial charge in [-0.05, 0) is 49.4 Å². The van der Waals surface area contributed by atoms with E-state index >= 15 is 0 Å². The first kappa shape index (κ1) is 15.4. The zero-order valence-electron chi connectivity index (χ0n) is 11.3. The first-order valence-electron chi connectivity index (χ1n) is 6.29. The molecule has 2 aromatic rings. The maximum Gasteiger partial charge on any atom is 0.288 e. The molecule has 1 atom stereocenters. The monoisotopic (exact) mass is 311 g/mol. The van der Waals surface area contributed by atoms with Crippen molar-refractivity contribution in [2.24, 2.45) is 0 Å². The Hall–Kier alpha value is -1.95. The molecular weight excluding hydrogens is 296 g/mol. The summed E-state index contributed by atoms with van der Waals surface area (Å²) in [4.78, 5) is 0.489. The van der Waals surface area contributed by atoms with Gasteiger partial charge in [0.15, 0.2) is 0 Å². The molecule has 3 N–H and O–H groups in total. The Balaban J connectivity index is 2.08. The number of thioether (sulfide) groups is 1. The van der Waals surface area contributed by atoms with E-state index in [1.54, 1.807) is 24.3 Å². The van der Waals surface area contributed by atoms with Gasteiger partial charge < -0.3 is 15.5 Å². The number of alkyl halides is 2. The Morgan fingerprint density at radius 2 is 1.71 bits per heavy atom. The van der Waals surface area contributed by atoms with Gasteiger partial charge in [0, 0.05) is 16.1 Å². The van der Waals surface area contributed by atoms with Crippen LogP contribution in [0.1, 0.15) is 18.5 Å². The van der Waals surface area contributed by atoms with Crippen molar-refractivity contribution in [2.45, 2.75) is 23.6 Å². The number of anilines is 1. The number of halogens is 2. The van der Waals surface area contributed by atoms with Gasteiger partial charge in [0.1, 0.15) is 11.5 Å². The molecule has 0 saturated heterocycles. The molecular formula is C15H15F2NO2S. The summed E-state index contributed by atoms with van der Waals surface area (Å²) in [6.45, 7) is 1.83. The Morgan fingerprint density at radius 3 is 2.33 bits per heavy atom. The molecule has 1 unspecified atom stereocenters. The van der Waals surface area contributed by atoms with Crippen molar-refractivity contribution < 1.29 is 19.0 Å². The molecule has 0 amide bonds. The molecule has 2 aromatic carbocycles. The summed E-state index contributed by atoms with van der Waals surface area (Å²) in [7, 11) is 0. The van der Waals surface area contributed by atoms with Crippen molar-refractivity contribution in [1.29, 1.82) is 0 Å². The Kier molecular flexibility index (Phi) is 4.90. The smallest absolute Gasteiger partial charge is 0.288 e. The van der Waals surface area contributed by atoms with Crippen LogP contribution in [0, 0.1) is 0 Å². The highest BCUT2D eigenvalue weighted by atomic mass is 32.2. The maximum absolute atomic E-state index is 12.2. The third kappa shape index (κ3) is 4.26. The van der Waals surface area contributed by atoms with Gasteiger partial charge in [0.2, 0.25) is 0 Å². The van der Waals surface area contributed by atoms with E-state index in [0.29, 0.717) is 22.2 Å². The number of rotatable bonds is 5. The second kappa shape index (κ2) is 6.67. The largest absolute Gasteiger partial charge is 0.508 e. The summed E-state index contributed by atoms with van der Waals surface area (Å²) in [6, 6.07) is 10.7. The van der Waals surface area contributed by atoms with E-state index in [1.807, 2.05) is 6.92 Å². The summed E-state index contributed by atoms with van der Waals surface area (Å²) in [6.07, 6.45) is 0. The van der Waals surface area contributed by atoms with Crippen LogP contribution in [0.4, 0.5) is 14.5 Å². The van der Waals surface area contributed by atoms with E-state index in [1.165, 1.54) is 18.2 Å². The fourth-order valence-corrected chi connectivity index (χ4v) is 2.45. The summed E-state index contributed by atoms with van der Waals surface area (Å²) < 4.78 is 24.5. The molecule has 0 saturated carbocycles. The standard InChI is InChI=1S/C15H15F2NO2S/c1-9(13-8-11(19)4-7-14(13)20)18-10-2-5-12(6-3-10)21-15(16)17/h2-9,15,18-20H,1H3. The second-order valence-corrected chi connectivity index (χ2v) is 5.58. The number of nitrogens with one attached hydrogen (secondary N) is 1. The number of hydrogen-bond acceptors (Lipinski definition) is 4. The Labute approximate surface area is 125 Å². The van der Waals surface area contributed by atoms with E-state index in [-0.39, 0.29) is 17.5 Å². The van der Waals surface area contributed by atoms with Crippen molar-refractivity contribution in [3.05, 3.63) is 48.0 Å². The van der Waals surface area contributed by atoms with E-state index in [4.69, 9.17) is 0 Å². The zero-order chi connectivity index (χ0) is 15.4. The minimum absolute atomic E-state index is 0.0696. The average molecular weight is 311 g/mol. The molecule has 0 aliphatic carbocycles. The normalized spacial score (nSPS) is 12.4. The highest BCUT2D eigenvalue weighted by Crippen LogP contribution is 2.31. The lowest BCUT2D eigenvalue weighted by molar-refractivity contribution is 0.252. The molecule has 2 rings (SSSR count). The molecule has 0 fully saturated rings. The quantitative estimate of drug-likeness (QED) is 0.558. The van der Waals surface area contributed by atoms with E-state index in [0.717, 1.165) is 5.69 Å². The summed E-state index contributed by atoms with van der Waals surface area (Å²) >= 11 is 0.493. The summed E-state index contributed by atoms with van der Waals surface area (Å²) in [5.41, 5.74) is 1.30. The zero-order valence-corrected chi connectivity index (χ0v) is 12.1. The molecule has 0 aliphatic rings. The molecule has 21 heavy (non-hydrogen) atoms. The highest BCUT2D eigenvalue weighted by molar-refractivity contribution is 7.99. The predicted molar refractivity (Wildman–Crippen MR) is 80.1 cm³/mol. The maximum atomic E-state index is 12.2. The van der Waals surface area contributed by atoms with Gasteiger partial charge in [-0.1, -0.05) is 11.8 Å². The van der Waals surface area contributed by atoms with Crippen LogP contribution in [-0.4, -0.2) is 16.0 Å². The Morgan fingerprint density at radius 1 is 1.05 bits per heavy atom. The number of hydrogen-bond donors (Lipinski definition) is 3. The van der Waals surface area contributed by atoms with Crippen molar-refractivity contribution in [2.75, 3.05) is 5.32 Å². The van der Waals surface area contributed by atoms with Crippen LogP contribution < -0.4 is 5.32 Å². The van der Waals surface area contributed by atoms with E-state index in [2.05, 4.69) is 5.32 Å². The first-order chi connectivity index (χ1) is 9.95. The lowest BCUT2D eigenvalue weighted by Gasteiger charge is -2.17. The van der Waals surface area contributed by atoms with Crippen LogP contribution in [0.2, 0.25) is 0 Å². The molecule has 0 radical (unpaired) electrons. The van der Waals surface area contributed by atoms with Crippen molar-refractivity contribution >= 4 is 17.4 Å². The van der Waals surface area contributed by atoms with Crippen LogP contribution in [0.3, 0.4) is 0 Å². The predicted octanol–water partition coefficient (Wildman–Crippen LogP) is 4.59. The van der Waals surface area contributed by atoms with Crippen LogP contribution >= 0.6 is 11.8 Å². The van der Waals surface area contributed by atoms with Crippen LogP contribution in [0.5, 0.6) is 11.5 Å². The number of phenols is 2. The van der Waals surface area contributed by atoms with E-state index in [9.17, 15) is 19.0 Å². The van der Waals surface area contributed by atoms with E-state index < -0.39 is 5.76 Å². The summed E-state index contributed by atoms with van der Waals surface area (Å²) in [5.74, 6) is -2.29. The van der Waals surface area contributed by atoms with Gasteiger partial charge in [0.25, 0.3) is 5.76 Å². The van der Waals surface area contributed by atoms with Crippen molar-refractivity contribution in [1.82, 2.24) is 0 Å². The summed E-state index contributed by atoms with van der Waals surface area (Å²) in [5, 5.41) is 22.4. The minimum atomic E-state index is -2.44. The molecule has 0 aromatic heterocycles. The molecule has 0 heterocycles. The molecule has 0 bridgehead atoms. The van der Waals surface area contributed by atoms with Gasteiger partial charge >= 0.3 is 0 Å². The van der Waals surface area contributed by atoms with Gasteiger partial charge in [-0.15, -0.1) is 0 Å². The lowest BCUT2D eigenvalue weighted by Crippen LogP contribution is -2.06. The minimum Gasteiger partial charge on any atom is -0.508 e. The topological polar surface area (TPSA) is 52.5 Å². The molecule has 6 heteroatoms. The third-order valence-electron chi connectivity index (χ3n) is 2.94. The number of benzene rings is 2. The van der Waals surface area contributed by atoms with Crippen LogP contribution in [0.15, 0.2) is 47.4 Å². The van der Waals surface area contributed by atoms with Crippen molar-refractivity contribution in [3.8, 4) is 11.5 Å². The van der Waals surface area contributed by atoms with Crippen molar-refractivity contribution in [3.63, 3.8) is 0 Å². The lowest BCUT2D eigenvalue weighted by atomic mass is 10.1. The van der Waals surface area contributed by atoms with Gasteiger partial charge in [-0.2, -0.15) is 8.78 Å². The van der Waals surface area contributed by atoms with Gasteiger partial charge in [0.05, 0.1) is 6.04 Å². The second-order valence-electron chi connectivity index (χ2n) is 4.51. The molecule has 0 spiro atoms. The van der Waals surface area contributed by atoms with Gasteiger partial charge in [-0.25, -0.2) is 0 Å². The third-order valence-corrected chi connectivity index (χ3v) is 3.66. The van der Waals surface area contributed by atoms with Crippen LogP contribution in [-0.2, 0) is 0 Å². The molecule has 0 aliphatic heterocycles. The fraction of sp³-hybridized carbons (Fsp3) is 0.200. The fourth-order valence-electron chi connectivity index (χ4n) is 1.95. The van der Waals surface area contributed by atoms with Gasteiger partial charge in [-0.3, -0.25) is 0 Å². The first-order valence-corrected chi connectivity index (χ1v) is 7.17. The number of aromatic hydroxyl groups is 2. The SMILES string of the molecule is CC(Nc1ccc(SC(F)F)cc1)c1cc(O)ccc1O. The molecule has 3 nitrogen and oxygen atoms in total. The number of phenolic OH excluding ortho intramolecular Hbond substituents is 2.